The summed E-state index contributed by atoms with van der Waals surface area (Å²) in [4.78, 5) is 14.7. The maximum Gasteiger partial charge on any atom is 0.242 e. The molecule has 0 fully saturated rings. The van der Waals surface area contributed by atoms with Crippen LogP contribution in [0.5, 0.6) is 0 Å². The van der Waals surface area contributed by atoms with Gasteiger partial charge in [-0.25, -0.2) is 8.42 Å². The predicted octanol–water partition coefficient (Wildman–Crippen LogP) is 0.995. The van der Waals surface area contributed by atoms with Gasteiger partial charge in [0, 0.05) is 39.0 Å². The van der Waals surface area contributed by atoms with Crippen molar-refractivity contribution in [2.75, 3.05) is 26.7 Å². The quantitative estimate of drug-likeness (QED) is 0.614. The topological polar surface area (TPSA) is 142 Å². The first kappa shape index (κ1) is 26.7. The van der Waals surface area contributed by atoms with Crippen molar-refractivity contribution in [1.82, 2.24) is 24.2 Å². The Labute approximate surface area is 205 Å². The lowest BCUT2D eigenvalue weighted by Crippen LogP contribution is -2.47. The Hall–Kier alpha value is -2.85. The second-order valence-electron chi connectivity index (χ2n) is 8.90. The smallest absolute Gasteiger partial charge is 0.242 e. The van der Waals surface area contributed by atoms with Gasteiger partial charge in [-0.1, -0.05) is 12.1 Å². The normalized spacial score (nSPS) is 21.0. The average Bonchev–Trinajstić information content (AvgIpc) is 3.31. The van der Waals surface area contributed by atoms with Crippen LogP contribution in [0.25, 0.3) is 0 Å². The van der Waals surface area contributed by atoms with Crippen molar-refractivity contribution in [3.05, 3.63) is 41.7 Å². The van der Waals surface area contributed by atoms with Crippen LogP contribution in [-0.2, 0) is 32.7 Å². The summed E-state index contributed by atoms with van der Waals surface area (Å²) in [5.41, 5.74) is 0.987. The van der Waals surface area contributed by atoms with E-state index in [1.807, 2.05) is 13.0 Å². The average molecular weight is 505 g/mol. The summed E-state index contributed by atoms with van der Waals surface area (Å²) >= 11 is 0. The van der Waals surface area contributed by atoms with Gasteiger partial charge < -0.3 is 14.7 Å². The molecular weight excluding hydrogens is 472 g/mol. The lowest BCUT2D eigenvalue weighted by atomic mass is 10.0. The molecule has 35 heavy (non-hydrogen) atoms. The van der Waals surface area contributed by atoms with Crippen molar-refractivity contribution < 1.29 is 23.1 Å². The molecule has 1 aromatic carbocycles. The zero-order chi connectivity index (χ0) is 25.6. The van der Waals surface area contributed by atoms with E-state index in [1.54, 1.807) is 22.7 Å². The molecule has 12 heteroatoms. The Kier molecular flexibility index (Phi) is 8.96. The van der Waals surface area contributed by atoms with Crippen LogP contribution >= 0.6 is 0 Å². The number of rotatable bonds is 6. The first-order valence-corrected chi connectivity index (χ1v) is 13.0. The van der Waals surface area contributed by atoms with Crippen LogP contribution in [0.1, 0.15) is 37.9 Å². The second-order valence-corrected chi connectivity index (χ2v) is 10.9. The fraction of sp³-hybridized carbons (Fsp3) is 0.565. The minimum absolute atomic E-state index is 0.0349. The number of nitrogens with zero attached hydrogens (tertiary/aromatic N) is 6. The van der Waals surface area contributed by atoms with Crippen LogP contribution in [0.2, 0.25) is 0 Å². The van der Waals surface area contributed by atoms with Gasteiger partial charge in [-0.15, -0.1) is 5.10 Å². The van der Waals surface area contributed by atoms with E-state index in [4.69, 9.17) is 10.00 Å². The van der Waals surface area contributed by atoms with Crippen molar-refractivity contribution in [2.45, 2.75) is 56.9 Å². The molecule has 0 spiro atoms. The van der Waals surface area contributed by atoms with E-state index in [1.165, 1.54) is 35.6 Å². The maximum atomic E-state index is 13.2. The zero-order valence-corrected chi connectivity index (χ0v) is 21.1. The molecule has 190 valence electrons. The standard InChI is InChI=1S/C23H32N6O5S/c1-17-12-29(18(2)15-30)23(31)5-4-10-28-13-20(25-26-28)16-34-22(17)14-27(3)35(32,33)21-8-6-19(11-24)7-9-21/h6-9,13,17-18,22,30H,4-5,10,12,14-16H2,1-3H3/t17-,18-,22+/m0/s1. The van der Waals surface area contributed by atoms with Gasteiger partial charge in [0.05, 0.1) is 48.1 Å². The summed E-state index contributed by atoms with van der Waals surface area (Å²) in [6.45, 7) is 4.52. The monoisotopic (exact) mass is 504 g/mol. The number of amides is 1. The van der Waals surface area contributed by atoms with Gasteiger partial charge in [0.2, 0.25) is 15.9 Å². The molecule has 1 amide bonds. The predicted molar refractivity (Wildman–Crippen MR) is 126 cm³/mol. The van der Waals surface area contributed by atoms with Gasteiger partial charge in [0.25, 0.3) is 0 Å². The zero-order valence-electron chi connectivity index (χ0n) is 20.2. The number of carbonyl (C=O) groups excluding carboxylic acids is 1. The van der Waals surface area contributed by atoms with Gasteiger partial charge >= 0.3 is 0 Å². The summed E-state index contributed by atoms with van der Waals surface area (Å²) in [5.74, 6) is -0.336. The van der Waals surface area contributed by atoms with Crippen molar-refractivity contribution in [2.24, 2.45) is 5.92 Å². The second kappa shape index (κ2) is 11.7. The largest absolute Gasteiger partial charge is 0.394 e. The van der Waals surface area contributed by atoms with E-state index in [2.05, 4.69) is 10.3 Å². The number of hydrogen-bond acceptors (Lipinski definition) is 8. The van der Waals surface area contributed by atoms with Crippen molar-refractivity contribution >= 4 is 15.9 Å². The minimum atomic E-state index is -3.84. The van der Waals surface area contributed by atoms with E-state index >= 15 is 0 Å². The molecule has 2 heterocycles. The third-order valence-corrected chi connectivity index (χ3v) is 8.01. The highest BCUT2D eigenvalue weighted by Crippen LogP contribution is 2.21. The number of aliphatic hydroxyl groups is 1. The van der Waals surface area contributed by atoms with Crippen molar-refractivity contribution in [3.63, 3.8) is 0 Å². The number of aryl methyl sites for hydroxylation is 1. The third kappa shape index (κ3) is 6.64. The van der Waals surface area contributed by atoms with Crippen LogP contribution < -0.4 is 0 Å². The Morgan fingerprint density at radius 3 is 2.71 bits per heavy atom. The number of aromatic nitrogens is 3. The number of fused-ring (bicyclic) bond motifs is 2. The number of aliphatic hydroxyl groups excluding tert-OH is 1. The molecule has 3 rings (SSSR count). The Morgan fingerprint density at radius 1 is 1.34 bits per heavy atom. The fourth-order valence-electron chi connectivity index (χ4n) is 3.93. The van der Waals surface area contributed by atoms with Crippen LogP contribution in [0.3, 0.4) is 0 Å². The van der Waals surface area contributed by atoms with Crippen LogP contribution in [0.15, 0.2) is 35.4 Å². The highest BCUT2D eigenvalue weighted by atomic mass is 32.2. The summed E-state index contributed by atoms with van der Waals surface area (Å²) < 4.78 is 35.3. The number of likely N-dealkylation sites (N-methyl/N-ethyl adjacent to an activating group) is 1. The van der Waals surface area contributed by atoms with E-state index in [0.29, 0.717) is 37.2 Å². The van der Waals surface area contributed by atoms with E-state index < -0.39 is 16.1 Å². The highest BCUT2D eigenvalue weighted by Gasteiger charge is 2.31. The fourth-order valence-corrected chi connectivity index (χ4v) is 5.11. The number of ether oxygens (including phenoxy) is 1. The molecule has 3 atom stereocenters. The molecule has 0 saturated heterocycles. The number of hydrogen-bond donors (Lipinski definition) is 1. The molecule has 2 aromatic rings. The molecule has 1 aliphatic heterocycles. The minimum Gasteiger partial charge on any atom is -0.394 e. The SMILES string of the molecule is C[C@H]1CN([C@@H](C)CO)C(=O)CCCn2cc(nn2)CO[C@@H]1CN(C)S(=O)(=O)c1ccc(C#N)cc1. The third-order valence-electron chi connectivity index (χ3n) is 6.17. The molecule has 11 nitrogen and oxygen atoms in total. The van der Waals surface area contributed by atoms with E-state index in [9.17, 15) is 18.3 Å². The molecular formula is C23H32N6O5S. The first-order chi connectivity index (χ1) is 16.6. The Balaban J connectivity index is 1.85. The summed E-state index contributed by atoms with van der Waals surface area (Å²) in [7, 11) is -2.37. The molecule has 1 aliphatic rings. The molecule has 2 bridgehead atoms. The Morgan fingerprint density at radius 2 is 2.06 bits per heavy atom. The molecule has 0 unspecified atom stereocenters. The maximum absolute atomic E-state index is 13.2. The number of benzene rings is 1. The lowest BCUT2D eigenvalue weighted by molar-refractivity contribution is -0.136. The number of nitriles is 1. The molecule has 0 aliphatic carbocycles. The molecule has 0 saturated carbocycles. The van der Waals surface area contributed by atoms with Gasteiger partial charge in [-0.05, 0) is 37.6 Å². The summed E-state index contributed by atoms with van der Waals surface area (Å²) in [6.07, 6.45) is 2.07. The van der Waals surface area contributed by atoms with Gasteiger partial charge in [0.1, 0.15) is 5.69 Å². The van der Waals surface area contributed by atoms with Gasteiger partial charge in [-0.3, -0.25) is 9.48 Å². The van der Waals surface area contributed by atoms with Crippen molar-refractivity contribution in [1.29, 1.82) is 5.26 Å². The van der Waals surface area contributed by atoms with Gasteiger partial charge in [-0.2, -0.15) is 9.57 Å². The Bertz CT molecular complexity index is 1140. The highest BCUT2D eigenvalue weighted by molar-refractivity contribution is 7.89. The number of carbonyl (C=O) groups is 1. The molecule has 0 radical (unpaired) electrons. The molecule has 1 N–H and O–H groups in total. The van der Waals surface area contributed by atoms with E-state index in [-0.39, 0.29) is 42.5 Å². The van der Waals surface area contributed by atoms with Crippen LogP contribution in [0, 0.1) is 17.2 Å². The van der Waals surface area contributed by atoms with Crippen LogP contribution in [-0.4, -0.2) is 82.5 Å². The van der Waals surface area contributed by atoms with Gasteiger partial charge in [0.15, 0.2) is 0 Å². The summed E-state index contributed by atoms with van der Waals surface area (Å²) in [6, 6.07) is 7.32. The van der Waals surface area contributed by atoms with Crippen molar-refractivity contribution in [3.8, 4) is 6.07 Å². The van der Waals surface area contributed by atoms with Crippen LogP contribution in [0.4, 0.5) is 0 Å². The van der Waals surface area contributed by atoms with E-state index in [0.717, 1.165) is 0 Å². The number of sulfonamides is 1. The molecule has 1 aromatic heterocycles. The lowest BCUT2D eigenvalue weighted by Gasteiger charge is -2.35. The summed E-state index contributed by atoms with van der Waals surface area (Å²) in [5, 5.41) is 26.9. The first-order valence-electron chi connectivity index (χ1n) is 11.5.